The molecule has 0 spiro atoms. The number of oxazole rings is 1. The number of anilines is 1. The number of nitrogens with zero attached hydrogens (tertiary/aromatic N) is 2. The van der Waals surface area contributed by atoms with E-state index in [4.69, 9.17) is 10.2 Å². The summed E-state index contributed by atoms with van der Waals surface area (Å²) in [5.74, 6) is -0.157. The molecule has 0 bridgehead atoms. The first kappa shape index (κ1) is 9.77. The van der Waals surface area contributed by atoms with E-state index in [1.54, 1.807) is 24.4 Å². The van der Waals surface area contributed by atoms with Crippen molar-refractivity contribution in [3.8, 4) is 11.5 Å². The number of hydrogen-bond donors (Lipinski definition) is 1. The van der Waals surface area contributed by atoms with E-state index < -0.39 is 5.82 Å². The van der Waals surface area contributed by atoms with Gasteiger partial charge >= 0.3 is 0 Å². The van der Waals surface area contributed by atoms with Crippen molar-refractivity contribution in [3.63, 3.8) is 0 Å². The zero-order chi connectivity index (χ0) is 11.8. The smallest absolute Gasteiger partial charge is 0.228 e. The van der Waals surface area contributed by atoms with Gasteiger partial charge in [0.15, 0.2) is 11.2 Å². The van der Waals surface area contributed by atoms with Crippen LogP contribution in [0.5, 0.6) is 0 Å². The number of halogens is 1. The Morgan fingerprint density at radius 2 is 2.12 bits per heavy atom. The normalized spacial score (nSPS) is 10.9. The van der Waals surface area contributed by atoms with E-state index in [2.05, 4.69) is 9.97 Å². The lowest BCUT2D eigenvalue weighted by atomic mass is 10.2. The summed E-state index contributed by atoms with van der Waals surface area (Å²) in [7, 11) is 0. The van der Waals surface area contributed by atoms with Gasteiger partial charge in [0.1, 0.15) is 5.82 Å². The van der Waals surface area contributed by atoms with Crippen LogP contribution in [0.3, 0.4) is 0 Å². The predicted octanol–water partition coefficient (Wildman–Crippen LogP) is 2.61. The summed E-state index contributed by atoms with van der Waals surface area (Å²) in [6, 6.07) is 7.93. The molecule has 0 saturated heterocycles. The molecule has 2 N–H and O–H groups in total. The molecule has 3 aromatic rings. The fraction of sp³-hybridized carbons (Fsp3) is 0. The van der Waals surface area contributed by atoms with Crippen molar-refractivity contribution < 1.29 is 8.81 Å². The molecule has 0 aliphatic heterocycles. The minimum atomic E-state index is -0.488. The molecule has 17 heavy (non-hydrogen) atoms. The van der Waals surface area contributed by atoms with Crippen LogP contribution in [0.2, 0.25) is 0 Å². The molecule has 0 fully saturated rings. The van der Waals surface area contributed by atoms with Gasteiger partial charge < -0.3 is 10.2 Å². The van der Waals surface area contributed by atoms with E-state index in [0.717, 1.165) is 0 Å². The SMILES string of the molecule is Nc1ccc(-c2nc3ncccc3o2)cc1F. The highest BCUT2D eigenvalue weighted by atomic mass is 19.1. The predicted molar refractivity (Wildman–Crippen MR) is 61.6 cm³/mol. The van der Waals surface area contributed by atoms with Crippen molar-refractivity contribution in [1.82, 2.24) is 9.97 Å². The van der Waals surface area contributed by atoms with Gasteiger partial charge in [-0.25, -0.2) is 9.37 Å². The number of fused-ring (bicyclic) bond motifs is 1. The Bertz CT molecular complexity index is 660. The van der Waals surface area contributed by atoms with Crippen LogP contribution in [-0.4, -0.2) is 9.97 Å². The molecule has 0 radical (unpaired) electrons. The van der Waals surface area contributed by atoms with E-state index in [0.29, 0.717) is 22.7 Å². The first-order valence-electron chi connectivity index (χ1n) is 5.01. The Balaban J connectivity index is 2.17. The monoisotopic (exact) mass is 229 g/mol. The first-order chi connectivity index (χ1) is 8.24. The van der Waals surface area contributed by atoms with Crippen LogP contribution in [0, 0.1) is 5.82 Å². The fourth-order valence-corrected chi connectivity index (χ4v) is 1.55. The summed E-state index contributed by atoms with van der Waals surface area (Å²) in [4.78, 5) is 8.21. The second-order valence-corrected chi connectivity index (χ2v) is 3.58. The zero-order valence-corrected chi connectivity index (χ0v) is 8.72. The number of rotatable bonds is 1. The maximum Gasteiger partial charge on any atom is 0.228 e. The number of nitrogen functional groups attached to an aromatic ring is 1. The van der Waals surface area contributed by atoms with Crippen LogP contribution in [-0.2, 0) is 0 Å². The average Bonchev–Trinajstić information content (AvgIpc) is 2.76. The maximum absolute atomic E-state index is 13.3. The highest BCUT2D eigenvalue weighted by molar-refractivity contribution is 5.72. The first-order valence-corrected chi connectivity index (χ1v) is 5.01. The number of pyridine rings is 1. The van der Waals surface area contributed by atoms with Crippen LogP contribution in [0.1, 0.15) is 0 Å². The van der Waals surface area contributed by atoms with Crippen LogP contribution in [0.15, 0.2) is 40.9 Å². The zero-order valence-electron chi connectivity index (χ0n) is 8.72. The molecular weight excluding hydrogens is 221 g/mol. The van der Waals surface area contributed by atoms with Gasteiger partial charge in [-0.05, 0) is 30.3 Å². The van der Waals surface area contributed by atoms with Crippen molar-refractivity contribution >= 4 is 16.9 Å². The molecule has 3 rings (SSSR count). The summed E-state index contributed by atoms with van der Waals surface area (Å²) < 4.78 is 18.8. The molecule has 0 amide bonds. The Labute approximate surface area is 95.9 Å². The van der Waals surface area contributed by atoms with E-state index >= 15 is 0 Å². The minimum Gasteiger partial charge on any atom is -0.434 e. The van der Waals surface area contributed by atoms with Gasteiger partial charge in [0.25, 0.3) is 0 Å². The van der Waals surface area contributed by atoms with Gasteiger partial charge in [-0.2, -0.15) is 4.98 Å². The molecule has 0 unspecified atom stereocenters. The molecule has 0 atom stereocenters. The Morgan fingerprint density at radius 1 is 1.24 bits per heavy atom. The Kier molecular flexibility index (Phi) is 2.04. The third-order valence-corrected chi connectivity index (χ3v) is 2.41. The van der Waals surface area contributed by atoms with Crippen molar-refractivity contribution in [1.29, 1.82) is 0 Å². The summed E-state index contributed by atoms with van der Waals surface area (Å²) in [5.41, 5.74) is 7.11. The molecule has 4 nitrogen and oxygen atoms in total. The molecule has 0 saturated carbocycles. The standard InChI is InChI=1S/C12H8FN3O/c13-8-6-7(3-4-9(8)14)12-16-11-10(17-12)2-1-5-15-11/h1-6H,14H2. The van der Waals surface area contributed by atoms with Crippen molar-refractivity contribution in [2.24, 2.45) is 0 Å². The van der Waals surface area contributed by atoms with E-state index in [9.17, 15) is 4.39 Å². The van der Waals surface area contributed by atoms with Gasteiger partial charge in [0.2, 0.25) is 5.89 Å². The second-order valence-electron chi connectivity index (χ2n) is 3.58. The largest absolute Gasteiger partial charge is 0.434 e. The maximum atomic E-state index is 13.3. The summed E-state index contributed by atoms with van der Waals surface area (Å²) in [6.45, 7) is 0. The molecule has 2 aromatic heterocycles. The number of benzene rings is 1. The van der Waals surface area contributed by atoms with Crippen molar-refractivity contribution in [2.75, 3.05) is 5.73 Å². The van der Waals surface area contributed by atoms with E-state index in [1.807, 2.05) is 0 Å². The number of aromatic nitrogens is 2. The van der Waals surface area contributed by atoms with Gasteiger partial charge in [-0.15, -0.1) is 0 Å². The molecule has 84 valence electrons. The number of nitrogens with two attached hydrogens (primary N) is 1. The van der Waals surface area contributed by atoms with Gasteiger partial charge in [-0.3, -0.25) is 0 Å². The van der Waals surface area contributed by atoms with Crippen LogP contribution in [0.25, 0.3) is 22.7 Å². The minimum absolute atomic E-state index is 0.1000. The Hall–Kier alpha value is -2.43. The average molecular weight is 229 g/mol. The highest BCUT2D eigenvalue weighted by Crippen LogP contribution is 2.25. The van der Waals surface area contributed by atoms with Crippen LogP contribution < -0.4 is 5.73 Å². The lowest BCUT2D eigenvalue weighted by Gasteiger charge is -1.98. The van der Waals surface area contributed by atoms with E-state index in [1.165, 1.54) is 12.1 Å². The quantitative estimate of drug-likeness (QED) is 0.651. The molecule has 0 aliphatic carbocycles. The summed E-state index contributed by atoms with van der Waals surface area (Å²) >= 11 is 0. The topological polar surface area (TPSA) is 64.9 Å². The van der Waals surface area contributed by atoms with Gasteiger partial charge in [-0.1, -0.05) is 0 Å². The van der Waals surface area contributed by atoms with Crippen LogP contribution >= 0.6 is 0 Å². The summed E-state index contributed by atoms with van der Waals surface area (Å²) in [5, 5.41) is 0. The van der Waals surface area contributed by atoms with Gasteiger partial charge in [0.05, 0.1) is 5.69 Å². The third kappa shape index (κ3) is 1.61. The fourth-order valence-electron chi connectivity index (χ4n) is 1.55. The molecule has 0 aliphatic rings. The highest BCUT2D eigenvalue weighted by Gasteiger charge is 2.10. The molecule has 1 aromatic carbocycles. The lowest BCUT2D eigenvalue weighted by Crippen LogP contribution is -1.90. The second kappa shape index (κ2) is 3.55. The number of hydrogen-bond acceptors (Lipinski definition) is 4. The lowest BCUT2D eigenvalue weighted by molar-refractivity contribution is 0.612. The van der Waals surface area contributed by atoms with Crippen LogP contribution in [0.4, 0.5) is 10.1 Å². The van der Waals surface area contributed by atoms with Crippen molar-refractivity contribution in [2.45, 2.75) is 0 Å². The third-order valence-electron chi connectivity index (χ3n) is 2.41. The molecule has 2 heterocycles. The Morgan fingerprint density at radius 3 is 2.88 bits per heavy atom. The van der Waals surface area contributed by atoms with Crippen molar-refractivity contribution in [3.05, 3.63) is 42.3 Å². The summed E-state index contributed by atoms with van der Waals surface area (Å²) in [6.07, 6.45) is 1.62. The molecule has 5 heteroatoms. The molecular formula is C12H8FN3O. The van der Waals surface area contributed by atoms with Gasteiger partial charge in [0, 0.05) is 11.8 Å². The van der Waals surface area contributed by atoms with E-state index in [-0.39, 0.29) is 5.69 Å².